The van der Waals surface area contributed by atoms with Crippen molar-refractivity contribution in [1.82, 2.24) is 20.4 Å². The first-order valence-corrected chi connectivity index (χ1v) is 10.6. The van der Waals surface area contributed by atoms with Crippen LogP contribution in [-0.2, 0) is 6.18 Å². The smallest absolute Gasteiger partial charge is 0.352 e. The van der Waals surface area contributed by atoms with Gasteiger partial charge in [-0.3, -0.25) is 9.59 Å². The van der Waals surface area contributed by atoms with E-state index in [9.17, 15) is 27.2 Å². The van der Waals surface area contributed by atoms with Crippen LogP contribution in [0.2, 0.25) is 0 Å². The van der Waals surface area contributed by atoms with Gasteiger partial charge in [0.2, 0.25) is 0 Å². The Labute approximate surface area is 188 Å². The van der Waals surface area contributed by atoms with Crippen LogP contribution in [0.4, 0.5) is 23.4 Å². The minimum absolute atomic E-state index is 0.0869. The topological polar surface area (TPSA) is 78.4 Å². The van der Waals surface area contributed by atoms with Crippen molar-refractivity contribution in [2.45, 2.75) is 26.4 Å². The van der Waals surface area contributed by atoms with E-state index in [4.69, 9.17) is 0 Å². The molecule has 2 aromatic rings. The molecule has 7 nitrogen and oxygen atoms in total. The second-order valence-electron chi connectivity index (χ2n) is 8.15. The molecule has 2 amide bonds. The maximum Gasteiger partial charge on any atom is 0.417 e. The Morgan fingerprint density at radius 2 is 1.76 bits per heavy atom. The second-order valence-corrected chi connectivity index (χ2v) is 8.15. The van der Waals surface area contributed by atoms with Crippen molar-refractivity contribution in [3.05, 3.63) is 53.0 Å². The highest BCUT2D eigenvalue weighted by atomic mass is 19.4. The molecule has 11 heteroatoms. The lowest BCUT2D eigenvalue weighted by atomic mass is 10.0. The molecule has 1 saturated heterocycles. The fraction of sp³-hybridized carbons (Fsp3) is 0.455. The predicted molar refractivity (Wildman–Crippen MR) is 113 cm³/mol. The average molecular weight is 467 g/mol. The number of hydrogen-bond acceptors (Lipinski definition) is 5. The zero-order valence-electron chi connectivity index (χ0n) is 18.3. The maximum atomic E-state index is 14.1. The van der Waals surface area contributed by atoms with Crippen LogP contribution in [0.5, 0.6) is 0 Å². The number of rotatable bonds is 6. The molecule has 1 aliphatic heterocycles. The predicted octanol–water partition coefficient (Wildman–Crippen LogP) is 3.37. The number of benzene rings is 1. The lowest BCUT2D eigenvalue weighted by molar-refractivity contribution is -0.138. The lowest BCUT2D eigenvalue weighted by Crippen LogP contribution is -2.49. The van der Waals surface area contributed by atoms with Crippen LogP contribution in [0.1, 0.15) is 46.7 Å². The molecule has 0 radical (unpaired) electrons. The molecule has 2 heterocycles. The molecule has 0 atom stereocenters. The highest BCUT2D eigenvalue weighted by Gasteiger charge is 2.38. The number of alkyl halides is 3. The number of anilines is 1. The van der Waals surface area contributed by atoms with Crippen molar-refractivity contribution in [2.75, 3.05) is 37.6 Å². The fourth-order valence-electron chi connectivity index (χ4n) is 3.45. The van der Waals surface area contributed by atoms with Gasteiger partial charge in [-0.1, -0.05) is 19.9 Å². The van der Waals surface area contributed by atoms with E-state index in [0.717, 1.165) is 18.6 Å². The highest BCUT2D eigenvalue weighted by Crippen LogP contribution is 2.33. The number of hydrogen-bond donors (Lipinski definition) is 1. The summed E-state index contributed by atoms with van der Waals surface area (Å²) in [5.41, 5.74) is -2.08. The minimum atomic E-state index is -4.84. The van der Waals surface area contributed by atoms with Gasteiger partial charge >= 0.3 is 6.18 Å². The normalized spacial score (nSPS) is 14.5. The average Bonchev–Trinajstić information content (AvgIpc) is 2.78. The summed E-state index contributed by atoms with van der Waals surface area (Å²) in [5.74, 6) is -1.59. The van der Waals surface area contributed by atoms with Crippen LogP contribution >= 0.6 is 0 Å². The Morgan fingerprint density at radius 3 is 2.33 bits per heavy atom. The third kappa shape index (κ3) is 5.96. The Kier molecular flexibility index (Phi) is 7.50. The quantitative estimate of drug-likeness (QED) is 0.660. The summed E-state index contributed by atoms with van der Waals surface area (Å²) in [4.78, 5) is 27.8. The summed E-state index contributed by atoms with van der Waals surface area (Å²) in [6.07, 6.45) is -4.00. The molecule has 1 fully saturated rings. The number of halogens is 4. The number of carbonyl (C=O) groups is 2. The molecule has 0 unspecified atom stereocenters. The van der Waals surface area contributed by atoms with Crippen molar-refractivity contribution in [3.63, 3.8) is 0 Å². The summed E-state index contributed by atoms with van der Waals surface area (Å²) in [7, 11) is 0. The first kappa shape index (κ1) is 24.4. The van der Waals surface area contributed by atoms with Gasteiger partial charge < -0.3 is 15.1 Å². The standard InChI is InChI=1S/C22H25F4N5O2/c1-14(2)8-9-27-20(32)17-6-7-18(29-28-17)30-10-12-31(13-11-30)21(33)19-15(22(24,25)26)4-3-5-16(19)23/h3-7,14H,8-13H2,1-2H3,(H,27,32). The largest absolute Gasteiger partial charge is 0.417 e. The maximum absolute atomic E-state index is 14.1. The molecule has 3 rings (SSSR count). The van der Waals surface area contributed by atoms with Crippen molar-refractivity contribution < 1.29 is 27.2 Å². The van der Waals surface area contributed by atoms with Crippen LogP contribution in [-0.4, -0.2) is 59.6 Å². The van der Waals surface area contributed by atoms with E-state index in [2.05, 4.69) is 29.4 Å². The van der Waals surface area contributed by atoms with Crippen LogP contribution in [0.25, 0.3) is 0 Å². The lowest BCUT2D eigenvalue weighted by Gasteiger charge is -2.35. The first-order chi connectivity index (χ1) is 15.6. The third-order valence-corrected chi connectivity index (χ3v) is 5.31. The fourth-order valence-corrected chi connectivity index (χ4v) is 3.45. The number of amides is 2. The van der Waals surface area contributed by atoms with E-state index < -0.39 is 29.0 Å². The SMILES string of the molecule is CC(C)CCNC(=O)c1ccc(N2CCN(C(=O)c3c(F)cccc3C(F)(F)F)CC2)nn1. The second kappa shape index (κ2) is 10.1. The van der Waals surface area contributed by atoms with Crippen LogP contribution in [0.15, 0.2) is 30.3 Å². The number of nitrogens with one attached hydrogen (secondary N) is 1. The Balaban J connectivity index is 1.62. The number of nitrogens with zero attached hydrogens (tertiary/aromatic N) is 4. The summed E-state index contributed by atoms with van der Waals surface area (Å²) in [6, 6.07) is 5.64. The summed E-state index contributed by atoms with van der Waals surface area (Å²) in [6.45, 7) is 5.37. The number of piperazine rings is 1. The number of carbonyl (C=O) groups excluding carboxylic acids is 2. The Bertz CT molecular complexity index is 987. The van der Waals surface area contributed by atoms with Gasteiger partial charge in [0.05, 0.1) is 11.1 Å². The minimum Gasteiger partial charge on any atom is -0.352 e. The van der Waals surface area contributed by atoms with Gasteiger partial charge in [-0.2, -0.15) is 13.2 Å². The van der Waals surface area contributed by atoms with Crippen molar-refractivity contribution >= 4 is 17.6 Å². The molecular weight excluding hydrogens is 442 g/mol. The molecule has 0 spiro atoms. The third-order valence-electron chi connectivity index (χ3n) is 5.31. The Morgan fingerprint density at radius 1 is 1.06 bits per heavy atom. The highest BCUT2D eigenvalue weighted by molar-refractivity contribution is 5.96. The van der Waals surface area contributed by atoms with Crippen LogP contribution in [0, 0.1) is 11.7 Å². The molecule has 0 saturated carbocycles. The van der Waals surface area contributed by atoms with Gasteiger partial charge in [-0.05, 0) is 36.6 Å². The van der Waals surface area contributed by atoms with Crippen molar-refractivity contribution in [3.8, 4) is 0 Å². The zero-order valence-corrected chi connectivity index (χ0v) is 18.3. The van der Waals surface area contributed by atoms with Crippen LogP contribution < -0.4 is 10.2 Å². The van der Waals surface area contributed by atoms with E-state index in [1.807, 2.05) is 0 Å². The van der Waals surface area contributed by atoms with Gasteiger partial charge in [0.25, 0.3) is 11.8 Å². The molecule has 1 aliphatic rings. The van der Waals surface area contributed by atoms with Gasteiger partial charge in [0.15, 0.2) is 11.5 Å². The molecule has 33 heavy (non-hydrogen) atoms. The molecule has 1 aromatic heterocycles. The zero-order chi connectivity index (χ0) is 24.2. The van der Waals surface area contributed by atoms with E-state index in [0.29, 0.717) is 24.3 Å². The van der Waals surface area contributed by atoms with Gasteiger partial charge in [-0.15, -0.1) is 10.2 Å². The van der Waals surface area contributed by atoms with Gasteiger partial charge in [0.1, 0.15) is 5.82 Å². The van der Waals surface area contributed by atoms with Gasteiger partial charge in [0, 0.05) is 32.7 Å². The van der Waals surface area contributed by atoms with E-state index in [-0.39, 0.29) is 37.8 Å². The van der Waals surface area contributed by atoms with E-state index in [1.165, 1.54) is 4.90 Å². The van der Waals surface area contributed by atoms with Crippen LogP contribution in [0.3, 0.4) is 0 Å². The molecule has 0 aliphatic carbocycles. The summed E-state index contributed by atoms with van der Waals surface area (Å²) < 4.78 is 53.9. The summed E-state index contributed by atoms with van der Waals surface area (Å²) >= 11 is 0. The molecule has 178 valence electrons. The Hall–Kier alpha value is -3.24. The first-order valence-electron chi connectivity index (χ1n) is 10.6. The monoisotopic (exact) mass is 467 g/mol. The van der Waals surface area contributed by atoms with Crippen molar-refractivity contribution in [2.24, 2.45) is 5.92 Å². The number of aromatic nitrogens is 2. The summed E-state index contributed by atoms with van der Waals surface area (Å²) in [5, 5.41) is 10.8. The molecule has 1 N–H and O–H groups in total. The van der Waals surface area contributed by atoms with Gasteiger partial charge in [-0.25, -0.2) is 4.39 Å². The van der Waals surface area contributed by atoms with E-state index in [1.54, 1.807) is 17.0 Å². The van der Waals surface area contributed by atoms with Crippen molar-refractivity contribution in [1.29, 1.82) is 0 Å². The molecule has 0 bridgehead atoms. The molecular formula is C22H25F4N5O2. The molecule has 1 aromatic carbocycles. The van der Waals surface area contributed by atoms with E-state index >= 15 is 0 Å².